The lowest BCUT2D eigenvalue weighted by molar-refractivity contribution is -0.115. The van der Waals surface area contributed by atoms with Gasteiger partial charge in [-0.1, -0.05) is 36.9 Å². The van der Waals surface area contributed by atoms with Crippen LogP contribution in [-0.4, -0.2) is 39.3 Å². The van der Waals surface area contributed by atoms with E-state index in [0.29, 0.717) is 40.9 Å². The Labute approximate surface area is 185 Å². The number of amides is 1. The highest BCUT2D eigenvalue weighted by molar-refractivity contribution is 7.99. The lowest BCUT2D eigenvalue weighted by Crippen LogP contribution is -2.10. The zero-order chi connectivity index (χ0) is 22.2. The zero-order valence-corrected chi connectivity index (χ0v) is 18.3. The highest BCUT2D eigenvalue weighted by Crippen LogP contribution is 2.31. The molecule has 3 rings (SSSR count). The molecule has 3 aromatic rings. The number of nitrogens with zero attached hydrogens (tertiary/aromatic N) is 3. The molecule has 1 heterocycles. The van der Waals surface area contributed by atoms with Crippen molar-refractivity contribution in [2.45, 2.75) is 25.0 Å². The zero-order valence-electron chi connectivity index (χ0n) is 17.5. The number of allylic oxidation sites excluding steroid dienone is 1. The second-order valence-corrected chi connectivity index (χ2v) is 7.54. The van der Waals surface area contributed by atoms with Crippen molar-refractivity contribution in [1.82, 2.24) is 14.8 Å². The van der Waals surface area contributed by atoms with Gasteiger partial charge in [-0.3, -0.25) is 14.2 Å². The van der Waals surface area contributed by atoms with Crippen molar-refractivity contribution in [2.75, 3.05) is 18.2 Å². The number of ketones is 1. The Morgan fingerprint density at radius 3 is 2.58 bits per heavy atom. The molecule has 0 unspecified atom stereocenters. The van der Waals surface area contributed by atoms with E-state index < -0.39 is 0 Å². The van der Waals surface area contributed by atoms with Gasteiger partial charge in [0.25, 0.3) is 0 Å². The third kappa shape index (κ3) is 5.40. The van der Waals surface area contributed by atoms with Gasteiger partial charge < -0.3 is 10.1 Å². The first-order valence-corrected chi connectivity index (χ1v) is 10.8. The Balaban J connectivity index is 1.74. The average molecular weight is 437 g/mol. The molecule has 0 saturated heterocycles. The second-order valence-electron chi connectivity index (χ2n) is 6.60. The van der Waals surface area contributed by atoms with Crippen molar-refractivity contribution < 1.29 is 14.3 Å². The molecule has 8 heteroatoms. The van der Waals surface area contributed by atoms with E-state index in [4.69, 9.17) is 4.74 Å². The van der Waals surface area contributed by atoms with Crippen LogP contribution in [0.5, 0.6) is 5.75 Å². The molecule has 0 fully saturated rings. The fraction of sp³-hybridized carbons (Fsp3) is 0.217. The van der Waals surface area contributed by atoms with Crippen molar-refractivity contribution in [2.24, 2.45) is 0 Å². The standard InChI is InChI=1S/C23H24N4O3S/c1-4-14-27-22(18-8-6-7-9-20(18)30-3)25-26-23(27)31-15-19(28)16-10-12-17(13-11-16)24-21(29)5-2/h4,6-13H,1,5,14-15H2,2-3H3,(H,24,29). The summed E-state index contributed by atoms with van der Waals surface area (Å²) in [5.41, 5.74) is 2.06. The minimum atomic E-state index is -0.0676. The molecule has 0 spiro atoms. The monoisotopic (exact) mass is 436 g/mol. The Hall–Kier alpha value is -3.39. The van der Waals surface area contributed by atoms with Crippen LogP contribution >= 0.6 is 11.8 Å². The van der Waals surface area contributed by atoms with Crippen molar-refractivity contribution in [1.29, 1.82) is 0 Å². The van der Waals surface area contributed by atoms with Crippen LogP contribution in [0.1, 0.15) is 23.7 Å². The molecule has 2 aromatic carbocycles. The number of methoxy groups -OCH3 is 1. The molecule has 0 saturated carbocycles. The number of hydrogen-bond acceptors (Lipinski definition) is 6. The van der Waals surface area contributed by atoms with E-state index in [1.807, 2.05) is 28.8 Å². The molecule has 0 aliphatic rings. The van der Waals surface area contributed by atoms with Crippen molar-refractivity contribution >= 4 is 29.1 Å². The number of thioether (sulfide) groups is 1. The van der Waals surface area contributed by atoms with E-state index >= 15 is 0 Å². The summed E-state index contributed by atoms with van der Waals surface area (Å²) in [5, 5.41) is 12.0. The molecule has 160 valence electrons. The summed E-state index contributed by atoms with van der Waals surface area (Å²) in [6, 6.07) is 14.5. The van der Waals surface area contributed by atoms with Crippen LogP contribution in [-0.2, 0) is 11.3 Å². The normalized spacial score (nSPS) is 10.5. The largest absolute Gasteiger partial charge is 0.496 e. The van der Waals surface area contributed by atoms with E-state index in [1.165, 1.54) is 11.8 Å². The summed E-state index contributed by atoms with van der Waals surface area (Å²) in [4.78, 5) is 24.1. The van der Waals surface area contributed by atoms with Crippen LogP contribution in [0.25, 0.3) is 11.4 Å². The van der Waals surface area contributed by atoms with Gasteiger partial charge in [0.2, 0.25) is 5.91 Å². The van der Waals surface area contributed by atoms with Crippen molar-refractivity contribution in [3.8, 4) is 17.1 Å². The van der Waals surface area contributed by atoms with E-state index in [0.717, 1.165) is 5.56 Å². The molecule has 7 nitrogen and oxygen atoms in total. The number of hydrogen-bond donors (Lipinski definition) is 1. The summed E-state index contributed by atoms with van der Waals surface area (Å²) in [6.45, 7) is 6.11. The van der Waals surface area contributed by atoms with Crippen LogP contribution in [0, 0.1) is 0 Å². The summed E-state index contributed by atoms with van der Waals surface area (Å²) in [5.74, 6) is 1.46. The number of anilines is 1. The molecule has 0 aliphatic heterocycles. The summed E-state index contributed by atoms with van der Waals surface area (Å²) in [7, 11) is 1.61. The molecule has 31 heavy (non-hydrogen) atoms. The predicted molar refractivity (Wildman–Crippen MR) is 123 cm³/mol. The van der Waals surface area contributed by atoms with Crippen LogP contribution < -0.4 is 10.1 Å². The number of benzene rings is 2. The maximum atomic E-state index is 12.6. The SMILES string of the molecule is C=CCn1c(SCC(=O)c2ccc(NC(=O)CC)cc2)nnc1-c1ccccc1OC. The summed E-state index contributed by atoms with van der Waals surface area (Å²) < 4.78 is 7.35. The molecule has 0 radical (unpaired) electrons. The van der Waals surface area contributed by atoms with Gasteiger partial charge in [0.1, 0.15) is 5.75 Å². The first kappa shape index (κ1) is 22.3. The molecule has 1 amide bonds. The number of ether oxygens (including phenoxy) is 1. The number of aromatic nitrogens is 3. The average Bonchev–Trinajstić information content (AvgIpc) is 3.20. The minimum Gasteiger partial charge on any atom is -0.496 e. The van der Waals surface area contributed by atoms with E-state index in [1.54, 1.807) is 44.4 Å². The number of Topliss-reactive ketones (excluding diaryl/α,β-unsaturated/α-hetero) is 1. The Morgan fingerprint density at radius 1 is 1.16 bits per heavy atom. The summed E-state index contributed by atoms with van der Waals surface area (Å²) >= 11 is 1.32. The number of carbonyl (C=O) groups excluding carboxylic acids is 2. The van der Waals surface area contributed by atoms with Crippen LogP contribution in [0.4, 0.5) is 5.69 Å². The maximum absolute atomic E-state index is 12.6. The maximum Gasteiger partial charge on any atom is 0.224 e. The highest BCUT2D eigenvalue weighted by atomic mass is 32.2. The third-order valence-corrected chi connectivity index (χ3v) is 5.49. The van der Waals surface area contributed by atoms with Gasteiger partial charge in [-0.2, -0.15) is 0 Å². The van der Waals surface area contributed by atoms with E-state index in [9.17, 15) is 9.59 Å². The lowest BCUT2D eigenvalue weighted by Gasteiger charge is -2.10. The Kier molecular flexibility index (Phi) is 7.61. The lowest BCUT2D eigenvalue weighted by atomic mass is 10.1. The molecule has 0 atom stereocenters. The van der Waals surface area contributed by atoms with Gasteiger partial charge in [-0.25, -0.2) is 0 Å². The molecule has 0 bridgehead atoms. The molecule has 1 N–H and O–H groups in total. The van der Waals surface area contributed by atoms with Crippen LogP contribution in [0.2, 0.25) is 0 Å². The van der Waals surface area contributed by atoms with Gasteiger partial charge in [0, 0.05) is 24.2 Å². The van der Waals surface area contributed by atoms with Gasteiger partial charge in [0.15, 0.2) is 16.8 Å². The minimum absolute atomic E-state index is 0.0367. The Morgan fingerprint density at radius 2 is 1.90 bits per heavy atom. The van der Waals surface area contributed by atoms with E-state index in [2.05, 4.69) is 22.1 Å². The first-order chi connectivity index (χ1) is 15.1. The third-order valence-electron chi connectivity index (χ3n) is 4.52. The first-order valence-electron chi connectivity index (χ1n) is 9.80. The fourth-order valence-corrected chi connectivity index (χ4v) is 3.76. The van der Waals surface area contributed by atoms with Gasteiger partial charge >= 0.3 is 0 Å². The smallest absolute Gasteiger partial charge is 0.224 e. The second kappa shape index (κ2) is 10.6. The molecule has 1 aromatic heterocycles. The quantitative estimate of drug-likeness (QED) is 0.287. The van der Waals surface area contributed by atoms with E-state index in [-0.39, 0.29) is 17.4 Å². The number of rotatable bonds is 10. The van der Waals surface area contributed by atoms with Crippen LogP contribution in [0.3, 0.4) is 0 Å². The van der Waals surface area contributed by atoms with Gasteiger partial charge in [0.05, 0.1) is 18.4 Å². The molecular weight excluding hydrogens is 412 g/mol. The number of para-hydroxylation sites is 1. The number of nitrogens with one attached hydrogen (secondary N) is 1. The number of carbonyl (C=O) groups is 2. The highest BCUT2D eigenvalue weighted by Gasteiger charge is 2.18. The Bertz CT molecular complexity index is 1080. The van der Waals surface area contributed by atoms with Gasteiger partial charge in [-0.05, 0) is 36.4 Å². The summed E-state index contributed by atoms with van der Waals surface area (Å²) in [6.07, 6.45) is 2.16. The van der Waals surface area contributed by atoms with Crippen molar-refractivity contribution in [3.05, 3.63) is 66.7 Å². The topological polar surface area (TPSA) is 86.1 Å². The fourth-order valence-electron chi connectivity index (χ4n) is 2.92. The molecule has 0 aliphatic carbocycles. The predicted octanol–water partition coefficient (Wildman–Crippen LogP) is 4.46. The van der Waals surface area contributed by atoms with Gasteiger partial charge in [-0.15, -0.1) is 16.8 Å². The molecular formula is C23H24N4O3S. The van der Waals surface area contributed by atoms with Crippen LogP contribution in [0.15, 0.2) is 66.3 Å². The van der Waals surface area contributed by atoms with Crippen molar-refractivity contribution in [3.63, 3.8) is 0 Å².